The lowest BCUT2D eigenvalue weighted by atomic mass is 9.78. The van der Waals surface area contributed by atoms with Crippen molar-refractivity contribution in [3.63, 3.8) is 0 Å². The summed E-state index contributed by atoms with van der Waals surface area (Å²) in [7, 11) is 1.75. The van der Waals surface area contributed by atoms with Gasteiger partial charge in [0.15, 0.2) is 0 Å². The predicted molar refractivity (Wildman–Crippen MR) is 97.1 cm³/mol. The molecule has 0 bridgehead atoms. The molecular weight excluding hydrogens is 326 g/mol. The quantitative estimate of drug-likeness (QED) is 0.775. The normalized spacial score (nSPS) is 21.0. The average molecular weight is 356 g/mol. The Hall–Kier alpha value is -0.980. The molecule has 1 aliphatic heterocycles. The van der Waals surface area contributed by atoms with Crippen LogP contribution in [0, 0.1) is 0 Å². The predicted octanol–water partition coefficient (Wildman–Crippen LogP) is 3.71. The first-order valence-corrected chi connectivity index (χ1v) is 9.04. The second-order valence-corrected chi connectivity index (χ2v) is 8.10. The van der Waals surface area contributed by atoms with E-state index in [1.54, 1.807) is 7.11 Å². The summed E-state index contributed by atoms with van der Waals surface area (Å²) in [5.74, 6) is 0.672. The second kappa shape index (κ2) is 7.50. The van der Waals surface area contributed by atoms with Crippen LogP contribution in [-0.2, 0) is 4.84 Å². The first-order valence-electron chi connectivity index (χ1n) is 8.67. The minimum absolute atomic E-state index is 0.0809. The highest BCUT2D eigenvalue weighted by atomic mass is 35.5. The minimum atomic E-state index is -0.0809. The SMILES string of the molecule is CCCCN(c1ncnc(Cl)n1)C1CC(C)(C)N(OC)C(C)(C)C1. The van der Waals surface area contributed by atoms with Gasteiger partial charge in [-0.3, -0.25) is 0 Å². The maximum atomic E-state index is 6.00. The van der Waals surface area contributed by atoms with Gasteiger partial charge in [-0.25, -0.2) is 9.97 Å². The number of piperidine rings is 1. The van der Waals surface area contributed by atoms with E-state index in [1.165, 1.54) is 6.33 Å². The van der Waals surface area contributed by atoms with Crippen LogP contribution in [-0.4, -0.2) is 50.8 Å². The molecule has 2 heterocycles. The number of unbranched alkanes of at least 4 members (excludes halogenated alkanes) is 1. The lowest BCUT2D eigenvalue weighted by molar-refractivity contribution is -0.266. The monoisotopic (exact) mass is 355 g/mol. The number of nitrogens with zero attached hydrogens (tertiary/aromatic N) is 5. The highest BCUT2D eigenvalue weighted by Gasteiger charge is 2.47. The molecule has 0 atom stereocenters. The summed E-state index contributed by atoms with van der Waals surface area (Å²) in [6.45, 7) is 12.0. The standard InChI is InChI=1S/C17H30ClN5O/c1-7-8-9-22(15-20-12-19-14(18)21-15)13-10-16(2,3)23(24-6)17(4,5)11-13/h12-13H,7-11H2,1-6H3. The molecule has 1 saturated heterocycles. The number of hydrogen-bond donors (Lipinski definition) is 0. The van der Waals surface area contributed by atoms with Crippen LogP contribution in [0.25, 0.3) is 0 Å². The van der Waals surface area contributed by atoms with Crippen molar-refractivity contribution in [2.24, 2.45) is 0 Å². The van der Waals surface area contributed by atoms with E-state index in [0.717, 1.165) is 32.2 Å². The first-order chi connectivity index (χ1) is 11.2. The van der Waals surface area contributed by atoms with Crippen LogP contribution < -0.4 is 4.90 Å². The number of aromatic nitrogens is 3. The van der Waals surface area contributed by atoms with Gasteiger partial charge in [0.05, 0.1) is 7.11 Å². The Morgan fingerprint density at radius 2 is 1.88 bits per heavy atom. The molecule has 0 N–H and O–H groups in total. The largest absolute Gasteiger partial charge is 0.338 e. The van der Waals surface area contributed by atoms with E-state index >= 15 is 0 Å². The third-order valence-electron chi connectivity index (χ3n) is 4.73. The molecule has 0 spiro atoms. The van der Waals surface area contributed by atoms with Crippen molar-refractivity contribution in [1.82, 2.24) is 20.0 Å². The molecule has 0 unspecified atom stereocenters. The zero-order valence-electron chi connectivity index (χ0n) is 15.7. The molecule has 2 rings (SSSR count). The molecule has 0 aliphatic carbocycles. The summed E-state index contributed by atoms with van der Waals surface area (Å²) in [5.41, 5.74) is -0.162. The molecule has 1 aliphatic rings. The van der Waals surface area contributed by atoms with Gasteiger partial charge in [-0.05, 0) is 58.6 Å². The third-order valence-corrected chi connectivity index (χ3v) is 4.91. The summed E-state index contributed by atoms with van der Waals surface area (Å²) in [4.78, 5) is 20.7. The number of hydrogen-bond acceptors (Lipinski definition) is 6. The van der Waals surface area contributed by atoms with Gasteiger partial charge in [-0.1, -0.05) is 13.3 Å². The molecule has 0 saturated carbocycles. The van der Waals surface area contributed by atoms with Crippen LogP contribution in [0.1, 0.15) is 60.3 Å². The fourth-order valence-corrected chi connectivity index (χ4v) is 4.23. The Bertz CT molecular complexity index is 534. The van der Waals surface area contributed by atoms with Gasteiger partial charge >= 0.3 is 0 Å². The van der Waals surface area contributed by atoms with E-state index in [9.17, 15) is 0 Å². The number of anilines is 1. The minimum Gasteiger partial charge on any atom is -0.338 e. The van der Waals surface area contributed by atoms with E-state index in [-0.39, 0.29) is 16.4 Å². The Labute approximate surface area is 150 Å². The van der Waals surface area contributed by atoms with E-state index in [0.29, 0.717) is 12.0 Å². The van der Waals surface area contributed by atoms with Gasteiger partial charge in [-0.2, -0.15) is 10.0 Å². The van der Waals surface area contributed by atoms with Crippen LogP contribution in [0.2, 0.25) is 5.28 Å². The lowest BCUT2D eigenvalue weighted by Gasteiger charge is -2.55. The zero-order valence-corrected chi connectivity index (χ0v) is 16.5. The van der Waals surface area contributed by atoms with E-state index < -0.39 is 0 Å². The molecule has 136 valence electrons. The van der Waals surface area contributed by atoms with Crippen molar-refractivity contribution < 1.29 is 4.84 Å². The molecule has 6 nitrogen and oxygen atoms in total. The topological polar surface area (TPSA) is 54.4 Å². The van der Waals surface area contributed by atoms with Crippen molar-refractivity contribution in [2.75, 3.05) is 18.6 Å². The fourth-order valence-electron chi connectivity index (χ4n) is 4.11. The van der Waals surface area contributed by atoms with Gasteiger partial charge in [-0.15, -0.1) is 0 Å². The van der Waals surface area contributed by atoms with E-state index in [1.807, 2.05) is 0 Å². The molecule has 7 heteroatoms. The lowest BCUT2D eigenvalue weighted by Crippen LogP contribution is -2.64. The van der Waals surface area contributed by atoms with Crippen LogP contribution in [0.3, 0.4) is 0 Å². The average Bonchev–Trinajstić information content (AvgIpc) is 2.45. The first kappa shape index (κ1) is 19.3. The molecule has 0 aromatic carbocycles. The summed E-state index contributed by atoms with van der Waals surface area (Å²) < 4.78 is 0. The van der Waals surface area contributed by atoms with Gasteiger partial charge < -0.3 is 9.74 Å². The summed E-state index contributed by atoms with van der Waals surface area (Å²) in [6.07, 6.45) is 5.65. The van der Waals surface area contributed by atoms with Gasteiger partial charge in [0.2, 0.25) is 11.2 Å². The third kappa shape index (κ3) is 4.16. The van der Waals surface area contributed by atoms with Crippen molar-refractivity contribution >= 4 is 17.5 Å². The molecular formula is C17H30ClN5O. The maximum absolute atomic E-state index is 6.00. The smallest absolute Gasteiger partial charge is 0.229 e. The molecule has 0 radical (unpaired) electrons. The van der Waals surface area contributed by atoms with E-state index in [2.05, 4.69) is 59.5 Å². The molecule has 0 amide bonds. The summed E-state index contributed by atoms with van der Waals surface area (Å²) in [5, 5.41) is 2.36. The van der Waals surface area contributed by atoms with Crippen LogP contribution in [0.4, 0.5) is 5.95 Å². The Kier molecular flexibility index (Phi) is 6.04. The number of rotatable bonds is 6. The van der Waals surface area contributed by atoms with Crippen LogP contribution in [0.15, 0.2) is 6.33 Å². The Morgan fingerprint density at radius 3 is 2.38 bits per heavy atom. The van der Waals surface area contributed by atoms with Crippen molar-refractivity contribution in [2.45, 2.75) is 77.4 Å². The number of hydroxylamine groups is 2. The van der Waals surface area contributed by atoms with Crippen molar-refractivity contribution in [1.29, 1.82) is 0 Å². The van der Waals surface area contributed by atoms with Crippen LogP contribution in [0.5, 0.6) is 0 Å². The molecule has 24 heavy (non-hydrogen) atoms. The van der Waals surface area contributed by atoms with Gasteiger partial charge in [0.25, 0.3) is 0 Å². The summed E-state index contributed by atoms with van der Waals surface area (Å²) in [6, 6.07) is 0.325. The highest BCUT2D eigenvalue weighted by Crippen LogP contribution is 2.40. The Balaban J connectivity index is 2.33. The van der Waals surface area contributed by atoms with E-state index in [4.69, 9.17) is 16.4 Å². The Morgan fingerprint density at radius 1 is 1.25 bits per heavy atom. The van der Waals surface area contributed by atoms with Crippen molar-refractivity contribution in [3.05, 3.63) is 11.6 Å². The maximum Gasteiger partial charge on any atom is 0.229 e. The fraction of sp³-hybridized carbons (Fsp3) is 0.824. The molecule has 1 aromatic heterocycles. The second-order valence-electron chi connectivity index (χ2n) is 7.77. The highest BCUT2D eigenvalue weighted by molar-refractivity contribution is 6.28. The summed E-state index contributed by atoms with van der Waals surface area (Å²) >= 11 is 6.00. The van der Waals surface area contributed by atoms with Crippen molar-refractivity contribution in [3.8, 4) is 0 Å². The van der Waals surface area contributed by atoms with Gasteiger partial charge in [0.1, 0.15) is 6.33 Å². The zero-order chi connectivity index (χ0) is 18.0. The molecule has 1 fully saturated rings. The van der Waals surface area contributed by atoms with Crippen LogP contribution >= 0.6 is 11.6 Å². The van der Waals surface area contributed by atoms with Gasteiger partial charge in [0, 0.05) is 23.7 Å². The number of halogens is 1. The molecule has 1 aromatic rings.